The van der Waals surface area contributed by atoms with Crippen molar-refractivity contribution in [1.29, 1.82) is 0 Å². The molecule has 0 aliphatic carbocycles. The number of benzene rings is 1. The Morgan fingerprint density at radius 1 is 1.12 bits per heavy atom. The number of aromatic nitrogens is 1. The smallest absolute Gasteiger partial charge is 0.255 e. The van der Waals surface area contributed by atoms with Crippen LogP contribution in [0, 0.1) is 6.92 Å². The van der Waals surface area contributed by atoms with Crippen molar-refractivity contribution in [2.24, 2.45) is 0 Å². The summed E-state index contributed by atoms with van der Waals surface area (Å²) in [6.07, 6.45) is 5.05. The molecule has 1 aliphatic heterocycles. The van der Waals surface area contributed by atoms with E-state index in [9.17, 15) is 13.2 Å². The molecule has 2 aromatic rings. The van der Waals surface area contributed by atoms with Gasteiger partial charge in [-0.3, -0.25) is 9.78 Å². The van der Waals surface area contributed by atoms with Gasteiger partial charge in [-0.1, -0.05) is 0 Å². The van der Waals surface area contributed by atoms with E-state index >= 15 is 0 Å². The normalized spacial score (nSPS) is 15.4. The van der Waals surface area contributed by atoms with Crippen LogP contribution in [0.5, 0.6) is 0 Å². The number of amides is 1. The van der Waals surface area contributed by atoms with Crippen LogP contribution in [0.1, 0.15) is 28.8 Å². The molecule has 24 heavy (non-hydrogen) atoms. The minimum atomic E-state index is -3.45. The van der Waals surface area contributed by atoms with Gasteiger partial charge in [0.15, 0.2) is 0 Å². The van der Waals surface area contributed by atoms with Crippen LogP contribution in [0.2, 0.25) is 0 Å². The number of hydrogen-bond acceptors (Lipinski definition) is 4. The summed E-state index contributed by atoms with van der Waals surface area (Å²) in [5.74, 6) is -0.299. The molecule has 126 valence electrons. The second-order valence-corrected chi connectivity index (χ2v) is 7.78. The summed E-state index contributed by atoms with van der Waals surface area (Å²) in [6.45, 7) is 3.01. The van der Waals surface area contributed by atoms with Crippen molar-refractivity contribution in [1.82, 2.24) is 9.29 Å². The Labute approximate surface area is 141 Å². The van der Waals surface area contributed by atoms with Gasteiger partial charge in [-0.2, -0.15) is 4.31 Å². The Morgan fingerprint density at radius 2 is 1.79 bits per heavy atom. The van der Waals surface area contributed by atoms with E-state index in [2.05, 4.69) is 10.3 Å². The average molecular weight is 345 g/mol. The highest BCUT2D eigenvalue weighted by Crippen LogP contribution is 2.21. The van der Waals surface area contributed by atoms with Crippen LogP contribution in [-0.4, -0.2) is 36.7 Å². The number of sulfonamides is 1. The molecular formula is C17H19N3O3S. The Morgan fingerprint density at radius 3 is 2.42 bits per heavy atom. The van der Waals surface area contributed by atoms with Gasteiger partial charge in [0, 0.05) is 24.8 Å². The van der Waals surface area contributed by atoms with Crippen LogP contribution in [0.15, 0.2) is 47.6 Å². The van der Waals surface area contributed by atoms with Crippen LogP contribution in [0.4, 0.5) is 5.69 Å². The largest absolute Gasteiger partial charge is 0.321 e. The zero-order valence-electron chi connectivity index (χ0n) is 13.4. The summed E-state index contributed by atoms with van der Waals surface area (Å²) in [5, 5.41) is 2.75. The van der Waals surface area contributed by atoms with Gasteiger partial charge in [0.1, 0.15) is 0 Å². The van der Waals surface area contributed by atoms with Gasteiger partial charge in [-0.25, -0.2) is 8.42 Å². The van der Waals surface area contributed by atoms with Gasteiger partial charge >= 0.3 is 0 Å². The molecule has 1 amide bonds. The number of hydrogen-bond donors (Lipinski definition) is 1. The molecule has 1 saturated heterocycles. The SMILES string of the molecule is Cc1cncc(NC(=O)c2ccc(S(=O)(=O)N3CCCC3)cc2)c1. The molecule has 1 aliphatic rings. The molecule has 1 aromatic heterocycles. The minimum Gasteiger partial charge on any atom is -0.321 e. The molecule has 0 unspecified atom stereocenters. The second kappa shape index (κ2) is 6.70. The lowest BCUT2D eigenvalue weighted by Gasteiger charge is -2.15. The molecule has 7 heteroatoms. The maximum atomic E-state index is 12.5. The summed E-state index contributed by atoms with van der Waals surface area (Å²) < 4.78 is 26.4. The number of pyridine rings is 1. The second-order valence-electron chi connectivity index (χ2n) is 5.84. The molecular weight excluding hydrogens is 326 g/mol. The molecule has 0 spiro atoms. The molecule has 1 aromatic carbocycles. The number of rotatable bonds is 4. The van der Waals surface area contributed by atoms with Gasteiger partial charge in [0.05, 0.1) is 16.8 Å². The van der Waals surface area contributed by atoms with Gasteiger partial charge in [-0.15, -0.1) is 0 Å². The monoisotopic (exact) mass is 345 g/mol. The summed E-state index contributed by atoms with van der Waals surface area (Å²) in [4.78, 5) is 16.5. The van der Waals surface area contributed by atoms with Crippen molar-refractivity contribution in [2.75, 3.05) is 18.4 Å². The van der Waals surface area contributed by atoms with Crippen molar-refractivity contribution in [2.45, 2.75) is 24.7 Å². The zero-order valence-corrected chi connectivity index (χ0v) is 14.2. The topological polar surface area (TPSA) is 79.4 Å². The summed E-state index contributed by atoms with van der Waals surface area (Å²) >= 11 is 0. The Balaban J connectivity index is 1.75. The molecule has 0 bridgehead atoms. The molecule has 0 atom stereocenters. The number of carbonyl (C=O) groups is 1. The van der Waals surface area contributed by atoms with Gasteiger partial charge in [0.2, 0.25) is 10.0 Å². The lowest BCUT2D eigenvalue weighted by molar-refractivity contribution is 0.102. The molecule has 6 nitrogen and oxygen atoms in total. The Bertz CT molecular complexity index is 842. The van der Waals surface area contributed by atoms with E-state index < -0.39 is 10.0 Å². The summed E-state index contributed by atoms with van der Waals surface area (Å²) in [7, 11) is -3.45. The van der Waals surface area contributed by atoms with Gasteiger partial charge < -0.3 is 5.32 Å². The van der Waals surface area contributed by atoms with Crippen molar-refractivity contribution < 1.29 is 13.2 Å². The highest BCUT2D eigenvalue weighted by molar-refractivity contribution is 7.89. The molecule has 3 rings (SSSR count). The summed E-state index contributed by atoms with van der Waals surface area (Å²) in [5.41, 5.74) is 1.95. The van der Waals surface area contributed by atoms with Crippen LogP contribution in [0.25, 0.3) is 0 Å². The fraction of sp³-hybridized carbons (Fsp3) is 0.294. The molecule has 1 fully saturated rings. The van der Waals surface area contributed by atoms with E-state index in [1.165, 1.54) is 28.6 Å². The van der Waals surface area contributed by atoms with E-state index in [1.807, 2.05) is 13.0 Å². The third-order valence-electron chi connectivity index (χ3n) is 3.95. The van der Waals surface area contributed by atoms with E-state index in [4.69, 9.17) is 0 Å². The first-order valence-electron chi connectivity index (χ1n) is 7.80. The predicted octanol–water partition coefficient (Wildman–Crippen LogP) is 2.43. The molecule has 2 heterocycles. The van der Waals surface area contributed by atoms with Crippen molar-refractivity contribution >= 4 is 21.6 Å². The zero-order chi connectivity index (χ0) is 17.2. The summed E-state index contributed by atoms with van der Waals surface area (Å²) in [6, 6.07) is 7.84. The van der Waals surface area contributed by atoms with E-state index in [0.29, 0.717) is 24.3 Å². The predicted molar refractivity (Wildman–Crippen MR) is 91.4 cm³/mol. The lowest BCUT2D eigenvalue weighted by atomic mass is 10.2. The van der Waals surface area contributed by atoms with Crippen LogP contribution in [0.3, 0.4) is 0 Å². The fourth-order valence-electron chi connectivity index (χ4n) is 2.68. The minimum absolute atomic E-state index is 0.221. The van der Waals surface area contributed by atoms with Crippen LogP contribution < -0.4 is 5.32 Å². The maximum absolute atomic E-state index is 12.5. The van der Waals surface area contributed by atoms with E-state index in [-0.39, 0.29) is 10.8 Å². The first kappa shape index (κ1) is 16.6. The Kier molecular flexibility index (Phi) is 4.64. The van der Waals surface area contributed by atoms with E-state index in [0.717, 1.165) is 18.4 Å². The van der Waals surface area contributed by atoms with Crippen molar-refractivity contribution in [3.8, 4) is 0 Å². The average Bonchev–Trinajstić information content (AvgIpc) is 3.10. The fourth-order valence-corrected chi connectivity index (χ4v) is 4.20. The Hall–Kier alpha value is -2.25. The number of nitrogens with one attached hydrogen (secondary N) is 1. The van der Waals surface area contributed by atoms with Crippen LogP contribution >= 0.6 is 0 Å². The van der Waals surface area contributed by atoms with Crippen molar-refractivity contribution in [3.05, 3.63) is 53.9 Å². The van der Waals surface area contributed by atoms with Gasteiger partial charge in [-0.05, 0) is 55.7 Å². The lowest BCUT2D eigenvalue weighted by Crippen LogP contribution is -2.27. The van der Waals surface area contributed by atoms with Crippen LogP contribution in [-0.2, 0) is 10.0 Å². The first-order chi connectivity index (χ1) is 11.5. The third-order valence-corrected chi connectivity index (χ3v) is 5.87. The molecule has 0 saturated carbocycles. The molecule has 1 N–H and O–H groups in total. The number of carbonyl (C=O) groups excluding carboxylic acids is 1. The van der Waals surface area contributed by atoms with E-state index in [1.54, 1.807) is 12.4 Å². The number of nitrogens with zero attached hydrogens (tertiary/aromatic N) is 2. The highest BCUT2D eigenvalue weighted by atomic mass is 32.2. The standard InChI is InChI=1S/C17H19N3O3S/c1-13-10-15(12-18-11-13)19-17(21)14-4-6-16(7-5-14)24(22,23)20-8-2-3-9-20/h4-7,10-12H,2-3,8-9H2,1H3,(H,19,21). The molecule has 0 radical (unpaired) electrons. The third kappa shape index (κ3) is 3.47. The number of anilines is 1. The quantitative estimate of drug-likeness (QED) is 0.923. The maximum Gasteiger partial charge on any atom is 0.255 e. The van der Waals surface area contributed by atoms with Crippen molar-refractivity contribution in [3.63, 3.8) is 0 Å². The first-order valence-corrected chi connectivity index (χ1v) is 9.24. The van der Waals surface area contributed by atoms with Gasteiger partial charge in [0.25, 0.3) is 5.91 Å². The highest BCUT2D eigenvalue weighted by Gasteiger charge is 2.27. The number of aryl methyl sites for hydroxylation is 1.